The molecule has 1 aromatic carbocycles. The molecule has 0 aliphatic rings. The second-order valence-corrected chi connectivity index (χ2v) is 9.83. The van der Waals surface area contributed by atoms with Gasteiger partial charge in [0.05, 0.1) is 11.4 Å². The normalized spacial score (nSPS) is 11.9. The van der Waals surface area contributed by atoms with E-state index in [2.05, 4.69) is 47.6 Å². The zero-order valence-electron chi connectivity index (χ0n) is 16.6. The molecule has 0 saturated carbocycles. The Morgan fingerprint density at radius 1 is 1.07 bits per heavy atom. The van der Waals surface area contributed by atoms with E-state index in [-0.39, 0.29) is 5.41 Å². The Bertz CT molecular complexity index is 1100. The van der Waals surface area contributed by atoms with Crippen LogP contribution in [-0.2, 0) is 10.2 Å². The predicted molar refractivity (Wildman–Crippen MR) is 113 cm³/mol. The van der Waals surface area contributed by atoms with Crippen LogP contribution in [0.15, 0.2) is 41.6 Å². The molecular weight excluding hydrogens is 370 g/mol. The molecule has 0 radical (unpaired) electrons. The third-order valence-electron chi connectivity index (χ3n) is 4.24. The number of nitrogens with one attached hydrogen (secondary N) is 1. The van der Waals surface area contributed by atoms with Crippen molar-refractivity contribution < 1.29 is 9.90 Å². The second kappa shape index (κ2) is 7.33. The topological polar surface area (TPSA) is 78.9 Å². The van der Waals surface area contributed by atoms with Gasteiger partial charge in [0.1, 0.15) is 16.8 Å². The summed E-state index contributed by atoms with van der Waals surface area (Å²) < 4.78 is -0.885. The summed E-state index contributed by atoms with van der Waals surface area (Å²) in [5, 5.41) is 10.3. The van der Waals surface area contributed by atoms with Gasteiger partial charge in [0.2, 0.25) is 0 Å². The number of aliphatic carboxylic acids is 1. The summed E-state index contributed by atoms with van der Waals surface area (Å²) in [6.45, 7) is 9.71. The zero-order valence-corrected chi connectivity index (χ0v) is 17.4. The fraction of sp³-hybridized carbons (Fsp3) is 0.318. The van der Waals surface area contributed by atoms with Crippen LogP contribution in [0.1, 0.15) is 51.7 Å². The number of nitrogens with zero attached hydrogens (tertiary/aromatic N) is 2. The van der Waals surface area contributed by atoms with Gasteiger partial charge in [0, 0.05) is 21.2 Å². The first-order valence-corrected chi connectivity index (χ1v) is 9.76. The van der Waals surface area contributed by atoms with Gasteiger partial charge in [-0.1, -0.05) is 20.8 Å². The highest BCUT2D eigenvalue weighted by Crippen LogP contribution is 2.34. The Morgan fingerprint density at radius 2 is 1.82 bits per heavy atom. The lowest BCUT2D eigenvalue weighted by atomic mass is 9.91. The highest BCUT2D eigenvalue weighted by atomic mass is 32.2. The van der Waals surface area contributed by atoms with Crippen LogP contribution in [0.25, 0.3) is 10.9 Å². The quantitative estimate of drug-likeness (QED) is 0.502. The largest absolute Gasteiger partial charge is 0.480 e. The molecule has 0 aliphatic heterocycles. The van der Waals surface area contributed by atoms with Crippen LogP contribution in [0, 0.1) is 11.8 Å². The maximum absolute atomic E-state index is 11.3. The SMILES string of the molecule is CC(C)(Sc1ccc2[nH]c(C#Cc3cc(C(C)(C)C)ncn3)cc2c1)C(=O)O. The fourth-order valence-electron chi connectivity index (χ4n) is 2.55. The maximum atomic E-state index is 11.3. The van der Waals surface area contributed by atoms with Crippen molar-refractivity contribution in [3.8, 4) is 11.8 Å². The van der Waals surface area contributed by atoms with Crippen molar-refractivity contribution >= 4 is 28.6 Å². The molecule has 0 aliphatic carbocycles. The van der Waals surface area contributed by atoms with E-state index in [0.29, 0.717) is 5.69 Å². The molecule has 2 heterocycles. The van der Waals surface area contributed by atoms with Crippen LogP contribution in [0.4, 0.5) is 0 Å². The summed E-state index contributed by atoms with van der Waals surface area (Å²) in [6.07, 6.45) is 1.55. The maximum Gasteiger partial charge on any atom is 0.319 e. The van der Waals surface area contributed by atoms with Crippen molar-refractivity contribution in [2.75, 3.05) is 0 Å². The number of hydrogen-bond donors (Lipinski definition) is 2. The fourth-order valence-corrected chi connectivity index (χ4v) is 3.55. The summed E-state index contributed by atoms with van der Waals surface area (Å²) in [5.41, 5.74) is 3.31. The summed E-state index contributed by atoms with van der Waals surface area (Å²) in [4.78, 5) is 24.1. The van der Waals surface area contributed by atoms with Crippen LogP contribution in [0.2, 0.25) is 0 Å². The van der Waals surface area contributed by atoms with E-state index >= 15 is 0 Å². The third-order valence-corrected chi connectivity index (χ3v) is 5.42. The van der Waals surface area contributed by atoms with E-state index in [1.165, 1.54) is 11.8 Å². The molecule has 3 rings (SSSR count). The highest BCUT2D eigenvalue weighted by Gasteiger charge is 2.28. The van der Waals surface area contributed by atoms with Crippen molar-refractivity contribution in [1.82, 2.24) is 15.0 Å². The molecule has 2 aromatic heterocycles. The molecule has 0 fully saturated rings. The molecule has 3 aromatic rings. The molecule has 6 heteroatoms. The number of benzene rings is 1. The number of rotatable bonds is 3. The van der Waals surface area contributed by atoms with E-state index < -0.39 is 10.7 Å². The van der Waals surface area contributed by atoms with Crippen molar-refractivity contribution in [1.29, 1.82) is 0 Å². The van der Waals surface area contributed by atoms with Crippen LogP contribution in [0.3, 0.4) is 0 Å². The van der Waals surface area contributed by atoms with Gasteiger partial charge in [-0.15, -0.1) is 11.8 Å². The molecule has 0 amide bonds. The van der Waals surface area contributed by atoms with Gasteiger partial charge >= 0.3 is 5.97 Å². The van der Waals surface area contributed by atoms with Gasteiger partial charge < -0.3 is 10.1 Å². The van der Waals surface area contributed by atoms with Crippen LogP contribution >= 0.6 is 11.8 Å². The van der Waals surface area contributed by atoms with Crippen molar-refractivity contribution in [2.45, 2.75) is 49.7 Å². The smallest absolute Gasteiger partial charge is 0.319 e. The molecular formula is C22H23N3O2S. The minimum Gasteiger partial charge on any atom is -0.480 e. The van der Waals surface area contributed by atoms with E-state index in [9.17, 15) is 9.90 Å². The first-order valence-electron chi connectivity index (χ1n) is 8.94. The number of H-pyrrole nitrogens is 1. The Labute approximate surface area is 169 Å². The summed E-state index contributed by atoms with van der Waals surface area (Å²) >= 11 is 1.33. The molecule has 0 unspecified atom stereocenters. The van der Waals surface area contributed by atoms with E-state index in [1.807, 2.05) is 30.3 Å². The van der Waals surface area contributed by atoms with Gasteiger partial charge in [0.15, 0.2) is 0 Å². The molecule has 0 atom stereocenters. The lowest BCUT2D eigenvalue weighted by Crippen LogP contribution is -2.26. The highest BCUT2D eigenvalue weighted by molar-refractivity contribution is 8.01. The summed E-state index contributed by atoms with van der Waals surface area (Å²) in [6, 6.07) is 9.73. The third kappa shape index (κ3) is 4.55. The second-order valence-electron chi connectivity index (χ2n) is 8.14. The average Bonchev–Trinajstić information content (AvgIpc) is 3.01. The van der Waals surface area contributed by atoms with Gasteiger partial charge in [-0.2, -0.15) is 0 Å². The Morgan fingerprint density at radius 3 is 2.50 bits per heavy atom. The number of thioether (sulfide) groups is 1. The first-order chi connectivity index (χ1) is 13.0. The number of aromatic nitrogens is 3. The molecule has 28 heavy (non-hydrogen) atoms. The average molecular weight is 394 g/mol. The Hall–Kier alpha value is -2.78. The standard InChI is InChI=1S/C22H23N3O2S/c1-21(2,3)19-12-15(23-13-24-19)6-7-16-10-14-11-17(8-9-18(14)25-16)28-22(4,5)20(26)27/h8-13,25H,1-5H3,(H,26,27). The number of fused-ring (bicyclic) bond motifs is 1. The van der Waals surface area contributed by atoms with Crippen molar-refractivity contribution in [2.24, 2.45) is 0 Å². The minimum absolute atomic E-state index is 0.0573. The van der Waals surface area contributed by atoms with Gasteiger partial charge in [0.25, 0.3) is 0 Å². The molecule has 0 bridgehead atoms. The van der Waals surface area contributed by atoms with Crippen molar-refractivity contribution in [3.63, 3.8) is 0 Å². The van der Waals surface area contributed by atoms with Gasteiger partial charge in [-0.3, -0.25) is 4.79 Å². The summed E-state index contributed by atoms with van der Waals surface area (Å²) in [7, 11) is 0. The van der Waals surface area contributed by atoms with Crippen LogP contribution < -0.4 is 0 Å². The number of hydrogen-bond acceptors (Lipinski definition) is 4. The lowest BCUT2D eigenvalue weighted by Gasteiger charge is -2.18. The minimum atomic E-state index is -0.885. The lowest BCUT2D eigenvalue weighted by molar-refractivity contribution is -0.138. The molecule has 0 spiro atoms. The molecule has 5 nitrogen and oxygen atoms in total. The van der Waals surface area contributed by atoms with Gasteiger partial charge in [-0.25, -0.2) is 9.97 Å². The number of carboxylic acids is 1. The first kappa shape index (κ1) is 20.0. The molecule has 144 valence electrons. The monoisotopic (exact) mass is 393 g/mol. The van der Waals surface area contributed by atoms with Crippen molar-refractivity contribution in [3.05, 3.63) is 53.7 Å². The zero-order chi connectivity index (χ0) is 20.5. The van der Waals surface area contributed by atoms with Crippen LogP contribution in [-0.4, -0.2) is 30.8 Å². The number of aromatic amines is 1. The van der Waals surface area contributed by atoms with Crippen LogP contribution in [0.5, 0.6) is 0 Å². The molecule has 2 N–H and O–H groups in total. The predicted octanol–water partition coefficient (Wildman–Crippen LogP) is 4.61. The van der Waals surface area contributed by atoms with Gasteiger partial charge in [-0.05, 0) is 56.0 Å². The number of carbonyl (C=O) groups is 1. The van der Waals surface area contributed by atoms with E-state index in [1.54, 1.807) is 20.2 Å². The van der Waals surface area contributed by atoms with E-state index in [4.69, 9.17) is 0 Å². The Kier molecular flexibility index (Phi) is 5.22. The van der Waals surface area contributed by atoms with E-state index in [0.717, 1.165) is 27.2 Å². The molecule has 0 saturated heterocycles. The Balaban J connectivity index is 1.87. The summed E-state index contributed by atoms with van der Waals surface area (Å²) in [5.74, 6) is 5.37. The number of carboxylic acid groups (broad SMARTS) is 1.